The Labute approximate surface area is 114 Å². The highest BCUT2D eigenvalue weighted by molar-refractivity contribution is 6.33. The van der Waals surface area contributed by atoms with E-state index in [9.17, 15) is 4.79 Å². The number of unbranched alkanes of at least 4 members (excludes halogenated alkanes) is 1. The van der Waals surface area contributed by atoms with Crippen molar-refractivity contribution in [3.05, 3.63) is 11.5 Å². The van der Waals surface area contributed by atoms with E-state index < -0.39 is 0 Å². The van der Waals surface area contributed by atoms with E-state index in [0.29, 0.717) is 24.3 Å². The van der Waals surface area contributed by atoms with Crippen LogP contribution in [0.2, 0.25) is 5.15 Å². The molecule has 7 nitrogen and oxygen atoms in total. The summed E-state index contributed by atoms with van der Waals surface area (Å²) in [7, 11) is 0. The number of esters is 1. The Morgan fingerprint density at radius 3 is 3.00 bits per heavy atom. The van der Waals surface area contributed by atoms with Gasteiger partial charge in [0.25, 0.3) is 0 Å². The second-order valence-corrected chi connectivity index (χ2v) is 4.39. The molecule has 0 aromatic carbocycles. The number of hydrogen-bond donors (Lipinski definition) is 1. The molecule has 8 heteroatoms. The summed E-state index contributed by atoms with van der Waals surface area (Å²) < 4.78 is 6.71. The molecule has 0 saturated heterocycles. The summed E-state index contributed by atoms with van der Waals surface area (Å²) in [5.41, 5.74) is 6.71. The molecular formula is C11H14ClN5O2. The number of nitrogens with two attached hydrogens (primary N) is 1. The highest BCUT2D eigenvalue weighted by atomic mass is 35.5. The number of rotatable bonds is 5. The first-order valence-corrected chi connectivity index (χ1v) is 6.23. The van der Waals surface area contributed by atoms with Crippen LogP contribution in [-0.4, -0.2) is 32.1 Å². The van der Waals surface area contributed by atoms with Gasteiger partial charge < -0.3 is 15.0 Å². The van der Waals surface area contributed by atoms with Crippen LogP contribution in [0.3, 0.4) is 0 Å². The van der Waals surface area contributed by atoms with Crippen LogP contribution in [0.5, 0.6) is 0 Å². The summed E-state index contributed by atoms with van der Waals surface area (Å²) >= 11 is 5.93. The fourth-order valence-corrected chi connectivity index (χ4v) is 1.91. The van der Waals surface area contributed by atoms with E-state index in [0.717, 1.165) is 12.8 Å². The van der Waals surface area contributed by atoms with Gasteiger partial charge in [0.1, 0.15) is 5.52 Å². The van der Waals surface area contributed by atoms with E-state index in [2.05, 4.69) is 15.0 Å². The third-order valence-corrected chi connectivity index (χ3v) is 2.80. The van der Waals surface area contributed by atoms with Crippen LogP contribution < -0.4 is 5.73 Å². The normalized spacial score (nSPS) is 10.8. The molecule has 0 bridgehead atoms. The zero-order valence-corrected chi connectivity index (χ0v) is 11.2. The predicted octanol–water partition coefficient (Wildman–Crippen LogP) is 1.41. The van der Waals surface area contributed by atoms with Crippen LogP contribution in [0, 0.1) is 0 Å². The van der Waals surface area contributed by atoms with Gasteiger partial charge >= 0.3 is 5.97 Å². The molecule has 102 valence electrons. The Balaban J connectivity index is 1.99. The second kappa shape index (κ2) is 5.83. The molecule has 2 aromatic heterocycles. The molecule has 2 aromatic rings. The Kier molecular flexibility index (Phi) is 4.16. The van der Waals surface area contributed by atoms with Crippen LogP contribution in [0.4, 0.5) is 5.95 Å². The number of aryl methyl sites for hydroxylation is 1. The minimum atomic E-state index is -0.264. The maximum atomic E-state index is 10.6. The number of carbonyl (C=O) groups excluding carboxylic acids is 1. The Morgan fingerprint density at radius 2 is 2.26 bits per heavy atom. The van der Waals surface area contributed by atoms with Gasteiger partial charge in [-0.1, -0.05) is 11.6 Å². The molecule has 0 aliphatic heterocycles. The molecule has 2 N–H and O–H groups in total. The van der Waals surface area contributed by atoms with Crippen molar-refractivity contribution in [1.29, 1.82) is 0 Å². The molecule has 2 heterocycles. The van der Waals surface area contributed by atoms with Gasteiger partial charge in [0, 0.05) is 13.5 Å². The molecule has 2 rings (SSSR count). The van der Waals surface area contributed by atoms with Gasteiger partial charge in [-0.05, 0) is 12.8 Å². The van der Waals surface area contributed by atoms with Gasteiger partial charge in [0.15, 0.2) is 10.8 Å². The monoisotopic (exact) mass is 283 g/mol. The van der Waals surface area contributed by atoms with Crippen LogP contribution in [0.25, 0.3) is 11.2 Å². The number of fused-ring (bicyclic) bond motifs is 1. The molecule has 0 radical (unpaired) electrons. The Morgan fingerprint density at radius 1 is 1.47 bits per heavy atom. The van der Waals surface area contributed by atoms with Gasteiger partial charge in [-0.2, -0.15) is 9.97 Å². The van der Waals surface area contributed by atoms with Crippen molar-refractivity contribution < 1.29 is 9.53 Å². The van der Waals surface area contributed by atoms with E-state index >= 15 is 0 Å². The summed E-state index contributed by atoms with van der Waals surface area (Å²) in [6.07, 6.45) is 3.25. The standard InChI is InChI=1S/C11H14ClN5O2/c1-7(18)19-5-3-2-4-17-6-14-8-9(12)15-11(13)16-10(8)17/h6H,2-5H2,1H3,(H2,13,15,16). The van der Waals surface area contributed by atoms with E-state index in [1.165, 1.54) is 6.92 Å². The molecule has 0 spiro atoms. The molecular weight excluding hydrogens is 270 g/mol. The zero-order valence-electron chi connectivity index (χ0n) is 10.5. The van der Waals surface area contributed by atoms with E-state index in [1.54, 1.807) is 6.33 Å². The number of aromatic nitrogens is 4. The number of nitrogens with zero attached hydrogens (tertiary/aromatic N) is 4. The molecule has 0 unspecified atom stereocenters. The largest absolute Gasteiger partial charge is 0.466 e. The van der Waals surface area contributed by atoms with Gasteiger partial charge in [-0.15, -0.1) is 0 Å². The fourth-order valence-electron chi connectivity index (χ4n) is 1.69. The minimum absolute atomic E-state index is 0.124. The van der Waals surface area contributed by atoms with E-state index in [-0.39, 0.29) is 17.1 Å². The number of anilines is 1. The number of nitrogen functional groups attached to an aromatic ring is 1. The van der Waals surface area contributed by atoms with Gasteiger partial charge in [0.2, 0.25) is 5.95 Å². The topological polar surface area (TPSA) is 95.9 Å². The first-order chi connectivity index (χ1) is 9.08. The van der Waals surface area contributed by atoms with E-state index in [4.69, 9.17) is 22.1 Å². The van der Waals surface area contributed by atoms with Gasteiger partial charge in [0.05, 0.1) is 12.9 Å². The lowest BCUT2D eigenvalue weighted by Crippen LogP contribution is -2.04. The molecule has 0 fully saturated rings. The molecule has 0 aliphatic carbocycles. The van der Waals surface area contributed by atoms with Crippen LogP contribution in [0.15, 0.2) is 6.33 Å². The average molecular weight is 284 g/mol. The van der Waals surface area contributed by atoms with Crippen molar-refractivity contribution in [2.45, 2.75) is 26.3 Å². The summed E-state index contributed by atoms with van der Waals surface area (Å²) in [5, 5.41) is 0.251. The number of halogens is 1. The quantitative estimate of drug-likeness (QED) is 0.506. The molecule has 19 heavy (non-hydrogen) atoms. The second-order valence-electron chi connectivity index (χ2n) is 4.03. The lowest BCUT2D eigenvalue weighted by molar-refractivity contribution is -0.141. The molecule has 0 atom stereocenters. The Bertz CT molecular complexity index is 598. The van der Waals surface area contributed by atoms with Crippen LogP contribution >= 0.6 is 11.6 Å². The predicted molar refractivity (Wildman–Crippen MR) is 70.6 cm³/mol. The maximum Gasteiger partial charge on any atom is 0.302 e. The zero-order chi connectivity index (χ0) is 13.8. The summed E-state index contributed by atoms with van der Waals surface area (Å²) in [5.74, 6) is -0.139. The van der Waals surface area contributed by atoms with Crippen molar-refractivity contribution in [2.75, 3.05) is 12.3 Å². The van der Waals surface area contributed by atoms with Gasteiger partial charge in [-0.3, -0.25) is 4.79 Å². The van der Waals surface area contributed by atoms with Crippen molar-refractivity contribution in [3.8, 4) is 0 Å². The fraction of sp³-hybridized carbons (Fsp3) is 0.455. The molecule has 0 saturated carbocycles. The third-order valence-electron chi connectivity index (χ3n) is 2.54. The van der Waals surface area contributed by atoms with E-state index in [1.807, 2.05) is 4.57 Å². The van der Waals surface area contributed by atoms with Crippen molar-refractivity contribution >= 4 is 34.7 Å². The van der Waals surface area contributed by atoms with Crippen molar-refractivity contribution in [1.82, 2.24) is 19.5 Å². The smallest absolute Gasteiger partial charge is 0.302 e. The van der Waals surface area contributed by atoms with Crippen molar-refractivity contribution in [3.63, 3.8) is 0 Å². The minimum Gasteiger partial charge on any atom is -0.466 e. The highest BCUT2D eigenvalue weighted by Gasteiger charge is 2.10. The number of imidazole rings is 1. The number of carbonyl (C=O) groups is 1. The SMILES string of the molecule is CC(=O)OCCCCn1cnc2c(Cl)nc(N)nc21. The highest BCUT2D eigenvalue weighted by Crippen LogP contribution is 2.19. The Hall–Kier alpha value is -1.89. The lowest BCUT2D eigenvalue weighted by atomic mass is 10.3. The first-order valence-electron chi connectivity index (χ1n) is 5.85. The van der Waals surface area contributed by atoms with Crippen LogP contribution in [0.1, 0.15) is 19.8 Å². The maximum absolute atomic E-state index is 10.6. The molecule has 0 amide bonds. The number of ether oxygens (including phenoxy) is 1. The summed E-state index contributed by atoms with van der Waals surface area (Å²) in [6, 6.07) is 0. The molecule has 0 aliphatic rings. The van der Waals surface area contributed by atoms with Crippen LogP contribution in [-0.2, 0) is 16.1 Å². The van der Waals surface area contributed by atoms with Crippen molar-refractivity contribution in [2.24, 2.45) is 0 Å². The average Bonchev–Trinajstić information content (AvgIpc) is 2.72. The third kappa shape index (κ3) is 3.31. The number of hydrogen-bond acceptors (Lipinski definition) is 6. The summed E-state index contributed by atoms with van der Waals surface area (Å²) in [6.45, 7) is 2.51. The lowest BCUT2D eigenvalue weighted by Gasteiger charge is -2.04. The summed E-state index contributed by atoms with van der Waals surface area (Å²) in [4.78, 5) is 22.7. The first kappa shape index (κ1) is 13.5. The van der Waals surface area contributed by atoms with Gasteiger partial charge in [-0.25, -0.2) is 4.98 Å².